The van der Waals surface area contributed by atoms with Gasteiger partial charge in [0.15, 0.2) is 10.9 Å². The van der Waals surface area contributed by atoms with Crippen LogP contribution in [-0.2, 0) is 6.54 Å². The SMILES string of the molecule is c1csc(Nc2cnc(CN3CCCC3)cn2)n1. The summed E-state index contributed by atoms with van der Waals surface area (Å²) >= 11 is 1.55. The van der Waals surface area contributed by atoms with Crippen LogP contribution < -0.4 is 5.32 Å². The van der Waals surface area contributed by atoms with Crippen LogP contribution in [0.4, 0.5) is 10.9 Å². The largest absolute Gasteiger partial charge is 0.315 e. The van der Waals surface area contributed by atoms with E-state index in [0.717, 1.165) is 23.2 Å². The third-order valence-electron chi connectivity index (χ3n) is 2.96. The molecule has 6 heteroatoms. The van der Waals surface area contributed by atoms with Crippen LogP contribution in [0, 0.1) is 0 Å². The molecule has 94 valence electrons. The van der Waals surface area contributed by atoms with Gasteiger partial charge in [0.25, 0.3) is 0 Å². The van der Waals surface area contributed by atoms with Gasteiger partial charge in [0.1, 0.15) is 0 Å². The summed E-state index contributed by atoms with van der Waals surface area (Å²) in [7, 11) is 0. The predicted molar refractivity (Wildman–Crippen MR) is 71.9 cm³/mol. The summed E-state index contributed by atoms with van der Waals surface area (Å²) in [6.07, 6.45) is 7.98. The van der Waals surface area contributed by atoms with Crippen molar-refractivity contribution in [1.82, 2.24) is 19.9 Å². The molecular formula is C12H15N5S. The lowest BCUT2D eigenvalue weighted by atomic mass is 10.4. The van der Waals surface area contributed by atoms with Crippen molar-refractivity contribution in [2.45, 2.75) is 19.4 Å². The van der Waals surface area contributed by atoms with Gasteiger partial charge in [-0.1, -0.05) is 0 Å². The Bertz CT molecular complexity index is 476. The second-order valence-electron chi connectivity index (χ2n) is 4.34. The molecule has 0 amide bonds. The summed E-state index contributed by atoms with van der Waals surface area (Å²) < 4.78 is 0. The van der Waals surface area contributed by atoms with Gasteiger partial charge < -0.3 is 5.32 Å². The first kappa shape index (κ1) is 11.6. The van der Waals surface area contributed by atoms with E-state index in [2.05, 4.69) is 25.2 Å². The number of hydrogen-bond donors (Lipinski definition) is 1. The molecule has 0 aliphatic carbocycles. The van der Waals surface area contributed by atoms with Gasteiger partial charge in [0, 0.05) is 18.1 Å². The highest BCUT2D eigenvalue weighted by atomic mass is 32.1. The summed E-state index contributed by atoms with van der Waals surface area (Å²) in [4.78, 5) is 15.4. The van der Waals surface area contributed by atoms with Crippen molar-refractivity contribution < 1.29 is 0 Å². The molecule has 0 spiro atoms. The van der Waals surface area contributed by atoms with E-state index in [9.17, 15) is 0 Å². The zero-order valence-corrected chi connectivity index (χ0v) is 10.9. The summed E-state index contributed by atoms with van der Waals surface area (Å²) in [5.41, 5.74) is 1.03. The molecule has 1 fully saturated rings. The quantitative estimate of drug-likeness (QED) is 0.915. The lowest BCUT2D eigenvalue weighted by Gasteiger charge is -2.13. The summed E-state index contributed by atoms with van der Waals surface area (Å²) in [5, 5.41) is 5.90. The molecule has 1 N–H and O–H groups in total. The van der Waals surface area contributed by atoms with Gasteiger partial charge in [-0.25, -0.2) is 9.97 Å². The van der Waals surface area contributed by atoms with Crippen LogP contribution in [0.3, 0.4) is 0 Å². The molecule has 3 heterocycles. The Morgan fingerprint density at radius 2 is 2.06 bits per heavy atom. The Morgan fingerprint density at radius 3 is 2.72 bits per heavy atom. The summed E-state index contributed by atoms with van der Waals surface area (Å²) in [5.74, 6) is 0.745. The van der Waals surface area contributed by atoms with E-state index in [1.165, 1.54) is 25.9 Å². The maximum absolute atomic E-state index is 4.43. The van der Waals surface area contributed by atoms with Gasteiger partial charge in [-0.3, -0.25) is 9.88 Å². The second kappa shape index (κ2) is 5.41. The molecular weight excluding hydrogens is 246 g/mol. The molecule has 0 radical (unpaired) electrons. The zero-order valence-electron chi connectivity index (χ0n) is 10.0. The molecule has 0 atom stereocenters. The van der Waals surface area contributed by atoms with Crippen molar-refractivity contribution in [1.29, 1.82) is 0 Å². The fraction of sp³-hybridized carbons (Fsp3) is 0.417. The van der Waals surface area contributed by atoms with Gasteiger partial charge in [-0.15, -0.1) is 11.3 Å². The van der Waals surface area contributed by atoms with Crippen LogP contribution >= 0.6 is 11.3 Å². The fourth-order valence-electron chi connectivity index (χ4n) is 2.07. The van der Waals surface area contributed by atoms with E-state index >= 15 is 0 Å². The molecule has 1 aliphatic heterocycles. The molecule has 1 aliphatic rings. The van der Waals surface area contributed by atoms with E-state index in [4.69, 9.17) is 0 Å². The number of rotatable bonds is 4. The van der Waals surface area contributed by atoms with Crippen molar-refractivity contribution in [3.63, 3.8) is 0 Å². The molecule has 1 saturated heterocycles. The monoisotopic (exact) mass is 261 g/mol. The predicted octanol–water partition coefficient (Wildman–Crippen LogP) is 2.27. The summed E-state index contributed by atoms with van der Waals surface area (Å²) in [6, 6.07) is 0. The number of anilines is 2. The Morgan fingerprint density at radius 1 is 1.17 bits per heavy atom. The first-order valence-electron chi connectivity index (χ1n) is 6.10. The average Bonchev–Trinajstić information content (AvgIpc) is 3.05. The molecule has 0 unspecified atom stereocenters. The first-order valence-corrected chi connectivity index (χ1v) is 6.98. The lowest BCUT2D eigenvalue weighted by molar-refractivity contribution is 0.327. The molecule has 0 bridgehead atoms. The van der Waals surface area contributed by atoms with Crippen LogP contribution in [0.1, 0.15) is 18.5 Å². The van der Waals surface area contributed by atoms with Crippen LogP contribution in [0.5, 0.6) is 0 Å². The number of nitrogens with zero attached hydrogens (tertiary/aromatic N) is 4. The number of thiazole rings is 1. The van der Waals surface area contributed by atoms with Gasteiger partial charge in [0.05, 0.1) is 18.1 Å². The Hall–Kier alpha value is -1.53. The van der Waals surface area contributed by atoms with Crippen molar-refractivity contribution >= 4 is 22.3 Å². The Labute approximate surface area is 110 Å². The van der Waals surface area contributed by atoms with Crippen LogP contribution in [-0.4, -0.2) is 32.9 Å². The van der Waals surface area contributed by atoms with E-state index < -0.39 is 0 Å². The van der Waals surface area contributed by atoms with Crippen molar-refractivity contribution in [3.05, 3.63) is 29.7 Å². The zero-order chi connectivity index (χ0) is 12.2. The molecule has 0 aromatic carbocycles. The normalized spacial score (nSPS) is 16.0. The number of likely N-dealkylation sites (tertiary alicyclic amines) is 1. The minimum Gasteiger partial charge on any atom is -0.315 e. The number of nitrogens with one attached hydrogen (secondary N) is 1. The van der Waals surface area contributed by atoms with Gasteiger partial charge in [-0.2, -0.15) is 0 Å². The molecule has 0 saturated carbocycles. The average molecular weight is 261 g/mol. The van der Waals surface area contributed by atoms with Crippen LogP contribution in [0.15, 0.2) is 24.0 Å². The lowest BCUT2D eigenvalue weighted by Crippen LogP contribution is -2.19. The molecule has 5 nitrogen and oxygen atoms in total. The minimum absolute atomic E-state index is 0.745. The van der Waals surface area contributed by atoms with Gasteiger partial charge >= 0.3 is 0 Å². The Balaban J connectivity index is 1.61. The smallest absolute Gasteiger partial charge is 0.188 e. The van der Waals surface area contributed by atoms with E-state index in [1.807, 2.05) is 11.6 Å². The maximum Gasteiger partial charge on any atom is 0.188 e. The topological polar surface area (TPSA) is 53.9 Å². The Kier molecular flexibility index (Phi) is 3.47. The molecule has 18 heavy (non-hydrogen) atoms. The summed E-state index contributed by atoms with van der Waals surface area (Å²) in [6.45, 7) is 3.27. The third-order valence-corrected chi connectivity index (χ3v) is 3.65. The highest BCUT2D eigenvalue weighted by molar-refractivity contribution is 7.13. The number of hydrogen-bond acceptors (Lipinski definition) is 6. The maximum atomic E-state index is 4.43. The van der Waals surface area contributed by atoms with Crippen LogP contribution in [0.25, 0.3) is 0 Å². The minimum atomic E-state index is 0.745. The van der Waals surface area contributed by atoms with E-state index in [0.29, 0.717) is 0 Å². The second-order valence-corrected chi connectivity index (χ2v) is 5.23. The standard InChI is InChI=1S/C12H15N5S/c1-2-5-17(4-1)9-10-7-15-11(8-14-10)16-12-13-3-6-18-12/h3,6-8H,1-2,4-5,9H2,(H,13,15,16). The number of aromatic nitrogens is 3. The fourth-order valence-corrected chi connectivity index (χ4v) is 2.60. The van der Waals surface area contributed by atoms with Crippen molar-refractivity contribution in [3.8, 4) is 0 Å². The molecule has 3 rings (SSSR count). The van der Waals surface area contributed by atoms with Gasteiger partial charge in [-0.05, 0) is 25.9 Å². The van der Waals surface area contributed by atoms with E-state index in [-0.39, 0.29) is 0 Å². The third kappa shape index (κ3) is 2.83. The molecule has 2 aromatic heterocycles. The highest BCUT2D eigenvalue weighted by Gasteiger charge is 2.12. The van der Waals surface area contributed by atoms with E-state index in [1.54, 1.807) is 23.7 Å². The first-order chi connectivity index (χ1) is 8.90. The van der Waals surface area contributed by atoms with Crippen molar-refractivity contribution in [2.24, 2.45) is 0 Å². The highest BCUT2D eigenvalue weighted by Crippen LogP contribution is 2.16. The van der Waals surface area contributed by atoms with Gasteiger partial charge in [0.2, 0.25) is 0 Å². The molecule has 2 aromatic rings. The van der Waals surface area contributed by atoms with Crippen LogP contribution in [0.2, 0.25) is 0 Å². The van der Waals surface area contributed by atoms with Crippen molar-refractivity contribution in [2.75, 3.05) is 18.4 Å².